The van der Waals surface area contributed by atoms with Crippen LogP contribution in [0.3, 0.4) is 0 Å². The second kappa shape index (κ2) is 6.95. The smallest absolute Gasteiger partial charge is 0.286 e. The summed E-state index contributed by atoms with van der Waals surface area (Å²) in [5.74, 6) is 0.206. The van der Waals surface area contributed by atoms with E-state index in [-0.39, 0.29) is 21.8 Å². The lowest BCUT2D eigenvalue weighted by atomic mass is 9.74. The van der Waals surface area contributed by atoms with Crippen molar-refractivity contribution in [2.24, 2.45) is 0 Å². The van der Waals surface area contributed by atoms with Gasteiger partial charge in [0.1, 0.15) is 5.75 Å². The molecule has 0 aliphatic heterocycles. The van der Waals surface area contributed by atoms with Gasteiger partial charge in [-0.3, -0.25) is 10.1 Å². The number of aromatic hydroxyl groups is 1. The second-order valence-corrected chi connectivity index (χ2v) is 9.23. The summed E-state index contributed by atoms with van der Waals surface area (Å²) < 4.78 is 0. The molecule has 0 spiro atoms. The maximum absolute atomic E-state index is 11.8. The van der Waals surface area contributed by atoms with E-state index in [0.29, 0.717) is 11.3 Å². The quantitative estimate of drug-likeness (QED) is 0.407. The summed E-state index contributed by atoms with van der Waals surface area (Å²) in [4.78, 5) is 11.9. The zero-order chi connectivity index (χ0) is 19.9. The molecule has 0 amide bonds. The summed E-state index contributed by atoms with van der Waals surface area (Å²) in [6.45, 7) is 12.3. The van der Waals surface area contributed by atoms with E-state index in [2.05, 4.69) is 33.4 Å². The molecule has 2 aromatic rings. The van der Waals surface area contributed by atoms with Gasteiger partial charge in [-0.1, -0.05) is 53.7 Å². The fourth-order valence-electron chi connectivity index (χ4n) is 3.36. The van der Waals surface area contributed by atoms with Crippen LogP contribution in [0.4, 0.5) is 5.69 Å². The molecule has 5 heteroatoms. The third kappa shape index (κ3) is 4.21. The Hall–Kier alpha value is -2.01. The monoisotopic (exact) mass is 373 g/mol. The summed E-state index contributed by atoms with van der Waals surface area (Å²) in [6.07, 6.45) is 0.564. The van der Waals surface area contributed by atoms with Crippen LogP contribution in [-0.2, 0) is 17.3 Å². The molecule has 0 atom stereocenters. The van der Waals surface area contributed by atoms with Crippen molar-refractivity contribution in [3.8, 4) is 5.75 Å². The maximum atomic E-state index is 11.8. The van der Waals surface area contributed by atoms with Crippen LogP contribution in [0.2, 0.25) is 0 Å². The van der Waals surface area contributed by atoms with E-state index in [9.17, 15) is 15.2 Å². The van der Waals surface area contributed by atoms with Crippen LogP contribution in [0.15, 0.2) is 35.2 Å². The van der Waals surface area contributed by atoms with E-state index in [1.54, 1.807) is 12.1 Å². The van der Waals surface area contributed by atoms with Gasteiger partial charge >= 0.3 is 0 Å². The molecule has 0 aliphatic rings. The third-order valence-electron chi connectivity index (χ3n) is 4.45. The number of thiol groups is 1. The summed E-state index contributed by atoms with van der Waals surface area (Å²) in [7, 11) is 0. The molecule has 26 heavy (non-hydrogen) atoms. The number of nitro benzene ring substituents is 1. The number of rotatable bonds is 3. The van der Waals surface area contributed by atoms with Crippen molar-refractivity contribution >= 4 is 18.3 Å². The standard InChI is InChI=1S/C21H27NO3S/c1-20(2,3)16-12-17(26)19(22(24)25)18(21(4,5)6)15(16)11-13-7-9-14(23)10-8-13/h7-10,12,23,26H,11H2,1-6H3. The van der Waals surface area contributed by atoms with Crippen molar-refractivity contribution in [1.82, 2.24) is 0 Å². The van der Waals surface area contributed by atoms with E-state index >= 15 is 0 Å². The normalized spacial score (nSPS) is 12.3. The van der Waals surface area contributed by atoms with Crippen LogP contribution in [0.25, 0.3) is 0 Å². The highest BCUT2D eigenvalue weighted by atomic mass is 32.1. The number of phenols is 1. The molecule has 1 N–H and O–H groups in total. The molecule has 140 valence electrons. The maximum Gasteiger partial charge on any atom is 0.286 e. The first-order valence-corrected chi connectivity index (χ1v) is 9.09. The molecule has 0 saturated heterocycles. The van der Waals surface area contributed by atoms with Crippen molar-refractivity contribution in [1.29, 1.82) is 0 Å². The van der Waals surface area contributed by atoms with Gasteiger partial charge in [0, 0.05) is 5.56 Å². The van der Waals surface area contributed by atoms with Gasteiger partial charge in [0.2, 0.25) is 0 Å². The van der Waals surface area contributed by atoms with Crippen molar-refractivity contribution < 1.29 is 10.0 Å². The average molecular weight is 374 g/mol. The summed E-state index contributed by atoms with van der Waals surface area (Å²) in [6, 6.07) is 8.84. The van der Waals surface area contributed by atoms with E-state index in [4.69, 9.17) is 0 Å². The fourth-order valence-corrected chi connectivity index (χ4v) is 3.68. The first-order valence-electron chi connectivity index (χ1n) is 8.64. The van der Waals surface area contributed by atoms with Crippen LogP contribution in [0, 0.1) is 10.1 Å². The minimum Gasteiger partial charge on any atom is -0.508 e. The van der Waals surface area contributed by atoms with Crippen LogP contribution in [0.5, 0.6) is 5.75 Å². The largest absolute Gasteiger partial charge is 0.508 e. The molecule has 0 unspecified atom stereocenters. The summed E-state index contributed by atoms with van der Waals surface area (Å²) in [5.41, 5.74) is 3.26. The second-order valence-electron chi connectivity index (χ2n) is 8.75. The zero-order valence-corrected chi connectivity index (χ0v) is 17.1. The number of nitro groups is 1. The molecule has 0 saturated carbocycles. The van der Waals surface area contributed by atoms with E-state index in [1.165, 1.54) is 0 Å². The van der Waals surface area contributed by atoms with Gasteiger partial charge in [0.05, 0.1) is 9.82 Å². The van der Waals surface area contributed by atoms with Gasteiger partial charge in [0.25, 0.3) is 5.69 Å². The number of benzene rings is 2. The highest BCUT2D eigenvalue weighted by Gasteiger charge is 2.34. The van der Waals surface area contributed by atoms with Crippen LogP contribution in [-0.4, -0.2) is 10.0 Å². The Morgan fingerprint density at radius 3 is 2.00 bits per heavy atom. The number of hydrogen-bond acceptors (Lipinski definition) is 4. The molecule has 0 aliphatic carbocycles. The van der Waals surface area contributed by atoms with Gasteiger partial charge in [-0.25, -0.2) is 0 Å². The molecule has 4 nitrogen and oxygen atoms in total. The average Bonchev–Trinajstić information content (AvgIpc) is 2.47. The van der Waals surface area contributed by atoms with Crippen LogP contribution < -0.4 is 0 Å². The molecular weight excluding hydrogens is 346 g/mol. The van der Waals surface area contributed by atoms with Crippen molar-refractivity contribution in [2.75, 3.05) is 0 Å². The number of hydrogen-bond donors (Lipinski definition) is 2. The lowest BCUT2D eigenvalue weighted by molar-refractivity contribution is -0.388. The Labute approximate surface area is 160 Å². The molecule has 0 aromatic heterocycles. The molecule has 0 radical (unpaired) electrons. The molecular formula is C21H27NO3S. The minimum absolute atomic E-state index is 0.0858. The van der Waals surface area contributed by atoms with Crippen LogP contribution >= 0.6 is 12.6 Å². The summed E-state index contributed by atoms with van der Waals surface area (Å²) in [5, 5.41) is 21.4. The highest BCUT2D eigenvalue weighted by Crippen LogP contribution is 2.44. The molecule has 0 bridgehead atoms. The van der Waals surface area contributed by atoms with E-state index in [1.807, 2.05) is 39.0 Å². The van der Waals surface area contributed by atoms with E-state index in [0.717, 1.165) is 22.3 Å². The number of phenolic OH excluding ortho intramolecular Hbond substituents is 1. The Morgan fingerprint density at radius 1 is 1.04 bits per heavy atom. The van der Waals surface area contributed by atoms with Crippen LogP contribution in [0.1, 0.15) is 63.8 Å². The molecule has 2 rings (SSSR count). The van der Waals surface area contributed by atoms with Gasteiger partial charge in [-0.15, -0.1) is 12.6 Å². The Balaban J connectivity index is 2.85. The topological polar surface area (TPSA) is 63.4 Å². The first-order chi connectivity index (χ1) is 11.8. The predicted molar refractivity (Wildman–Crippen MR) is 109 cm³/mol. The Kier molecular flexibility index (Phi) is 5.43. The molecule has 2 aromatic carbocycles. The van der Waals surface area contributed by atoms with Gasteiger partial charge in [-0.2, -0.15) is 0 Å². The zero-order valence-electron chi connectivity index (χ0n) is 16.3. The fraction of sp³-hybridized carbons (Fsp3) is 0.429. The third-order valence-corrected chi connectivity index (χ3v) is 4.79. The minimum atomic E-state index is -0.409. The van der Waals surface area contributed by atoms with Gasteiger partial charge < -0.3 is 5.11 Å². The lowest BCUT2D eigenvalue weighted by Gasteiger charge is -2.30. The van der Waals surface area contributed by atoms with Crippen molar-refractivity contribution in [3.63, 3.8) is 0 Å². The SMILES string of the molecule is CC(C)(C)c1cc(S)c([N+](=O)[O-])c(C(C)(C)C)c1Cc1ccc(O)cc1. The van der Waals surface area contributed by atoms with Crippen molar-refractivity contribution in [2.45, 2.75) is 63.7 Å². The highest BCUT2D eigenvalue weighted by molar-refractivity contribution is 7.80. The first kappa shape index (κ1) is 20.3. The van der Waals surface area contributed by atoms with E-state index < -0.39 is 5.41 Å². The predicted octanol–water partition coefficient (Wildman–Crippen LogP) is 5.77. The van der Waals surface area contributed by atoms with Crippen molar-refractivity contribution in [3.05, 3.63) is 62.7 Å². The Morgan fingerprint density at radius 2 is 1.58 bits per heavy atom. The van der Waals surface area contributed by atoms with Gasteiger partial charge in [-0.05, 0) is 52.1 Å². The number of nitrogens with zero attached hydrogens (tertiary/aromatic N) is 1. The Bertz CT molecular complexity index is 828. The van der Waals surface area contributed by atoms with Gasteiger partial charge in [0.15, 0.2) is 0 Å². The molecule has 0 fully saturated rings. The molecule has 0 heterocycles. The lowest BCUT2D eigenvalue weighted by Crippen LogP contribution is -2.23. The summed E-state index contributed by atoms with van der Waals surface area (Å²) >= 11 is 4.45.